The van der Waals surface area contributed by atoms with E-state index in [4.69, 9.17) is 4.74 Å². The van der Waals surface area contributed by atoms with E-state index in [0.717, 1.165) is 7.11 Å². The standard InChI is InChI=1S/C12H12O5.Na.H/c1-16-11-6-4-3-5-8(11)9(13)7-10(14)12(15)17-2;;/h3-6H,7H2,1-2H3;;. The van der Waals surface area contributed by atoms with E-state index in [2.05, 4.69) is 4.74 Å². The Morgan fingerprint density at radius 3 is 2.28 bits per heavy atom. The number of ketones is 2. The molecule has 5 nitrogen and oxygen atoms in total. The van der Waals surface area contributed by atoms with Gasteiger partial charge in [-0.25, -0.2) is 4.79 Å². The van der Waals surface area contributed by atoms with Crippen molar-refractivity contribution in [3.05, 3.63) is 29.8 Å². The molecule has 0 spiro atoms. The van der Waals surface area contributed by atoms with E-state index in [-0.39, 0.29) is 35.1 Å². The summed E-state index contributed by atoms with van der Waals surface area (Å²) in [5, 5.41) is 0. The van der Waals surface area contributed by atoms with Gasteiger partial charge in [-0.15, -0.1) is 0 Å². The van der Waals surface area contributed by atoms with E-state index in [0.29, 0.717) is 5.75 Å². The second-order valence-electron chi connectivity index (χ2n) is 3.21. The van der Waals surface area contributed by atoms with E-state index in [1.165, 1.54) is 13.2 Å². The van der Waals surface area contributed by atoms with Crippen LogP contribution in [0.25, 0.3) is 0 Å². The third kappa shape index (κ3) is 4.25. The summed E-state index contributed by atoms with van der Waals surface area (Å²) in [6.07, 6.45) is -0.521. The third-order valence-corrected chi connectivity index (χ3v) is 2.14. The number of esters is 1. The monoisotopic (exact) mass is 260 g/mol. The minimum absolute atomic E-state index is 0. The van der Waals surface area contributed by atoms with Gasteiger partial charge >= 0.3 is 35.5 Å². The Bertz CT molecular complexity index is 456. The molecule has 0 atom stereocenters. The fraction of sp³-hybridized carbons (Fsp3) is 0.250. The summed E-state index contributed by atoms with van der Waals surface area (Å²) < 4.78 is 9.22. The Hall–Kier alpha value is -1.17. The van der Waals surface area contributed by atoms with Gasteiger partial charge in [0.15, 0.2) is 5.78 Å². The van der Waals surface area contributed by atoms with Crippen LogP contribution >= 0.6 is 0 Å². The molecule has 0 saturated carbocycles. The van der Waals surface area contributed by atoms with Crippen LogP contribution in [0.3, 0.4) is 0 Å². The number of para-hydroxylation sites is 1. The van der Waals surface area contributed by atoms with Crippen LogP contribution in [-0.4, -0.2) is 61.3 Å². The van der Waals surface area contributed by atoms with E-state index < -0.39 is 24.0 Å². The number of carbonyl (C=O) groups excluding carboxylic acids is 3. The summed E-state index contributed by atoms with van der Waals surface area (Å²) in [5.74, 6) is -2.00. The molecule has 0 aromatic heterocycles. The minimum atomic E-state index is -1.02. The maximum atomic E-state index is 11.7. The van der Waals surface area contributed by atoms with Crippen molar-refractivity contribution in [2.75, 3.05) is 14.2 Å². The van der Waals surface area contributed by atoms with Crippen molar-refractivity contribution in [3.8, 4) is 5.75 Å². The summed E-state index contributed by atoms with van der Waals surface area (Å²) in [6.45, 7) is 0. The van der Waals surface area contributed by atoms with Gasteiger partial charge in [0.2, 0.25) is 5.78 Å². The van der Waals surface area contributed by atoms with Crippen molar-refractivity contribution >= 4 is 47.1 Å². The molecular formula is C12H13NaO5. The molecule has 0 N–H and O–H groups in total. The number of benzene rings is 1. The average Bonchev–Trinajstić information content (AvgIpc) is 2.37. The molecule has 0 bridgehead atoms. The number of ether oxygens (including phenoxy) is 2. The first-order valence-electron chi connectivity index (χ1n) is 4.87. The van der Waals surface area contributed by atoms with E-state index >= 15 is 0 Å². The van der Waals surface area contributed by atoms with Crippen LogP contribution < -0.4 is 4.74 Å². The molecule has 92 valence electrons. The predicted octanol–water partition coefficient (Wildman–Crippen LogP) is 0.362. The average molecular weight is 260 g/mol. The molecule has 0 unspecified atom stereocenters. The third-order valence-electron chi connectivity index (χ3n) is 2.14. The van der Waals surface area contributed by atoms with Gasteiger partial charge in [-0.3, -0.25) is 9.59 Å². The number of carbonyl (C=O) groups is 3. The van der Waals surface area contributed by atoms with Gasteiger partial charge in [0, 0.05) is 0 Å². The number of rotatable bonds is 5. The molecule has 0 saturated heterocycles. The Morgan fingerprint density at radius 1 is 1.11 bits per heavy atom. The fourth-order valence-corrected chi connectivity index (χ4v) is 1.30. The van der Waals surface area contributed by atoms with E-state index in [9.17, 15) is 14.4 Å². The van der Waals surface area contributed by atoms with Gasteiger partial charge in [-0.1, -0.05) is 12.1 Å². The second kappa shape index (κ2) is 8.02. The van der Waals surface area contributed by atoms with Crippen molar-refractivity contribution in [1.29, 1.82) is 0 Å². The second-order valence-corrected chi connectivity index (χ2v) is 3.21. The first kappa shape index (κ1) is 16.8. The summed E-state index contributed by atoms with van der Waals surface area (Å²) in [5.41, 5.74) is 0.271. The molecule has 18 heavy (non-hydrogen) atoms. The fourth-order valence-electron chi connectivity index (χ4n) is 1.30. The van der Waals surface area contributed by atoms with Gasteiger partial charge in [-0.2, -0.15) is 0 Å². The van der Waals surface area contributed by atoms with Crippen molar-refractivity contribution in [3.63, 3.8) is 0 Å². The van der Waals surface area contributed by atoms with Gasteiger partial charge in [0.1, 0.15) is 5.75 Å². The summed E-state index contributed by atoms with van der Waals surface area (Å²) >= 11 is 0. The number of hydrogen-bond acceptors (Lipinski definition) is 5. The molecule has 0 aliphatic heterocycles. The van der Waals surface area contributed by atoms with Crippen molar-refractivity contribution < 1.29 is 23.9 Å². The van der Waals surface area contributed by atoms with Gasteiger partial charge in [0.05, 0.1) is 26.2 Å². The Morgan fingerprint density at radius 2 is 1.72 bits per heavy atom. The van der Waals surface area contributed by atoms with Crippen LogP contribution in [0.4, 0.5) is 0 Å². The maximum absolute atomic E-state index is 11.7. The number of methoxy groups -OCH3 is 2. The van der Waals surface area contributed by atoms with E-state index in [1.807, 2.05) is 0 Å². The Balaban J connectivity index is 0.00000289. The number of hydrogen-bond donors (Lipinski definition) is 0. The molecule has 1 aromatic rings. The van der Waals surface area contributed by atoms with Crippen LogP contribution in [0.15, 0.2) is 24.3 Å². The van der Waals surface area contributed by atoms with Crippen LogP contribution in [0.1, 0.15) is 16.8 Å². The zero-order valence-electron chi connectivity index (χ0n) is 9.56. The normalized spacial score (nSPS) is 9.00. The van der Waals surface area contributed by atoms with Crippen molar-refractivity contribution in [1.82, 2.24) is 0 Å². The van der Waals surface area contributed by atoms with Crippen molar-refractivity contribution in [2.24, 2.45) is 0 Å². The van der Waals surface area contributed by atoms with E-state index in [1.54, 1.807) is 18.2 Å². The molecular weight excluding hydrogens is 247 g/mol. The SMILES string of the molecule is COC(=O)C(=O)CC(=O)c1ccccc1OC.[NaH]. The first-order valence-corrected chi connectivity index (χ1v) is 4.87. The van der Waals surface area contributed by atoms with Crippen LogP contribution in [0.5, 0.6) is 5.75 Å². The Kier molecular flexibility index (Phi) is 7.50. The summed E-state index contributed by atoms with van der Waals surface area (Å²) in [4.78, 5) is 33.8. The molecule has 0 fully saturated rings. The van der Waals surface area contributed by atoms with Crippen LogP contribution in [-0.2, 0) is 14.3 Å². The quantitative estimate of drug-likeness (QED) is 0.251. The molecule has 1 aromatic carbocycles. The molecule has 0 aliphatic rings. The molecule has 0 radical (unpaired) electrons. The topological polar surface area (TPSA) is 69.7 Å². The zero-order valence-corrected chi connectivity index (χ0v) is 9.56. The van der Waals surface area contributed by atoms with Gasteiger partial charge in [0.25, 0.3) is 0 Å². The van der Waals surface area contributed by atoms with Gasteiger partial charge < -0.3 is 9.47 Å². The van der Waals surface area contributed by atoms with Gasteiger partial charge in [-0.05, 0) is 12.1 Å². The molecule has 6 heteroatoms. The van der Waals surface area contributed by atoms with Crippen LogP contribution in [0.2, 0.25) is 0 Å². The molecule has 0 amide bonds. The summed E-state index contributed by atoms with van der Waals surface area (Å²) in [6, 6.07) is 6.50. The molecule has 0 aliphatic carbocycles. The number of Topliss-reactive ketones (excluding diaryl/α,β-unsaturated/α-hetero) is 2. The first-order chi connectivity index (χ1) is 8.10. The Labute approximate surface area is 127 Å². The van der Waals surface area contributed by atoms with Crippen LogP contribution in [0, 0.1) is 0 Å². The summed E-state index contributed by atoms with van der Waals surface area (Å²) in [7, 11) is 2.52. The zero-order chi connectivity index (χ0) is 12.8. The molecule has 1 rings (SSSR count). The predicted molar refractivity (Wildman–Crippen MR) is 66.1 cm³/mol. The molecule has 0 heterocycles. The van der Waals surface area contributed by atoms with Crippen molar-refractivity contribution in [2.45, 2.75) is 6.42 Å².